The summed E-state index contributed by atoms with van der Waals surface area (Å²) in [5, 5.41) is 9.06. The van der Waals surface area contributed by atoms with Crippen LogP contribution >= 0.6 is 22.6 Å². The fourth-order valence-electron chi connectivity index (χ4n) is 1.48. The number of carboxylic acid groups (broad SMARTS) is 1. The lowest BCUT2D eigenvalue weighted by Gasteiger charge is -2.16. The van der Waals surface area contributed by atoms with Gasteiger partial charge in [0.25, 0.3) is 0 Å². The third-order valence-electron chi connectivity index (χ3n) is 2.16. The van der Waals surface area contributed by atoms with Crippen molar-refractivity contribution in [2.75, 3.05) is 0 Å². The summed E-state index contributed by atoms with van der Waals surface area (Å²) < 4.78 is 1.12. The highest BCUT2D eigenvalue weighted by Crippen LogP contribution is 2.25. The molecule has 0 aromatic heterocycles. The van der Waals surface area contributed by atoms with Gasteiger partial charge in [-0.25, -0.2) is 0 Å². The quantitative estimate of drug-likeness (QED) is 0.871. The molecule has 0 radical (unpaired) electrons. The number of halogens is 1. The van der Waals surface area contributed by atoms with Crippen LogP contribution in [-0.2, 0) is 4.79 Å². The molecule has 76 valence electrons. The van der Waals surface area contributed by atoms with Crippen LogP contribution in [0.2, 0.25) is 0 Å². The highest BCUT2D eigenvalue weighted by Gasteiger charge is 2.22. The normalized spacial score (nSPS) is 12.9. The number of hydrogen-bond acceptors (Lipinski definition) is 1. The second kappa shape index (κ2) is 4.77. The summed E-state index contributed by atoms with van der Waals surface area (Å²) >= 11 is 2.21. The summed E-state index contributed by atoms with van der Waals surface area (Å²) in [5.74, 6) is -1.03. The third-order valence-corrected chi connectivity index (χ3v) is 2.88. The molecule has 0 aliphatic carbocycles. The number of carboxylic acids is 1. The lowest BCUT2D eigenvalue weighted by atomic mass is 9.89. The fraction of sp³-hybridized carbons (Fsp3) is 0.364. The molecule has 14 heavy (non-hydrogen) atoms. The Balaban J connectivity index is 3.00. The SMILES string of the molecule is CC(C)C(C(=O)O)c1ccc(I)cc1. The van der Waals surface area contributed by atoms with Gasteiger partial charge in [0.1, 0.15) is 0 Å². The summed E-state index contributed by atoms with van der Waals surface area (Å²) in [7, 11) is 0. The van der Waals surface area contributed by atoms with Gasteiger partial charge in [0.05, 0.1) is 5.92 Å². The van der Waals surface area contributed by atoms with E-state index in [2.05, 4.69) is 22.6 Å². The van der Waals surface area contributed by atoms with Crippen molar-refractivity contribution in [3.8, 4) is 0 Å². The van der Waals surface area contributed by atoms with Crippen LogP contribution in [0.25, 0.3) is 0 Å². The Hall–Kier alpha value is -0.580. The zero-order valence-corrected chi connectivity index (χ0v) is 10.4. The van der Waals surface area contributed by atoms with Gasteiger partial charge in [0.15, 0.2) is 0 Å². The molecular weight excluding hydrogens is 291 g/mol. The summed E-state index contributed by atoms with van der Waals surface area (Å²) in [6, 6.07) is 7.66. The molecule has 1 unspecified atom stereocenters. The Morgan fingerprint density at radius 3 is 2.14 bits per heavy atom. The molecule has 0 saturated carbocycles. The standard InChI is InChI=1S/C11H13IO2/c1-7(2)10(11(13)14)8-3-5-9(12)6-4-8/h3-7,10H,1-2H3,(H,13,14). The highest BCUT2D eigenvalue weighted by atomic mass is 127. The lowest BCUT2D eigenvalue weighted by Crippen LogP contribution is -2.17. The molecule has 0 fully saturated rings. The highest BCUT2D eigenvalue weighted by molar-refractivity contribution is 14.1. The van der Waals surface area contributed by atoms with Crippen molar-refractivity contribution in [2.45, 2.75) is 19.8 Å². The minimum absolute atomic E-state index is 0.118. The molecule has 1 aromatic rings. The van der Waals surface area contributed by atoms with Crippen LogP contribution in [0.3, 0.4) is 0 Å². The molecule has 0 aliphatic rings. The van der Waals surface area contributed by atoms with Gasteiger partial charge >= 0.3 is 5.97 Å². The first-order valence-electron chi connectivity index (χ1n) is 4.50. The Bertz CT molecular complexity index is 317. The van der Waals surface area contributed by atoms with Crippen molar-refractivity contribution < 1.29 is 9.90 Å². The van der Waals surface area contributed by atoms with Gasteiger partial charge in [-0.1, -0.05) is 26.0 Å². The lowest BCUT2D eigenvalue weighted by molar-refractivity contribution is -0.139. The van der Waals surface area contributed by atoms with Crippen LogP contribution in [0, 0.1) is 9.49 Å². The summed E-state index contributed by atoms with van der Waals surface area (Å²) in [4.78, 5) is 11.0. The first kappa shape index (κ1) is 11.5. The summed E-state index contributed by atoms with van der Waals surface area (Å²) in [5.41, 5.74) is 0.882. The molecule has 3 heteroatoms. The number of hydrogen-bond donors (Lipinski definition) is 1. The van der Waals surface area contributed by atoms with Crippen LogP contribution in [0.4, 0.5) is 0 Å². The van der Waals surface area contributed by atoms with E-state index in [1.54, 1.807) is 0 Å². The minimum atomic E-state index is -0.749. The van der Waals surface area contributed by atoms with E-state index in [-0.39, 0.29) is 5.92 Å². The Labute approximate surface area is 97.5 Å². The fourth-order valence-corrected chi connectivity index (χ4v) is 1.84. The topological polar surface area (TPSA) is 37.3 Å². The first-order chi connectivity index (χ1) is 6.52. The van der Waals surface area contributed by atoms with Gasteiger partial charge in [0.2, 0.25) is 0 Å². The second-order valence-corrected chi connectivity index (χ2v) is 4.86. The average Bonchev–Trinajstić information content (AvgIpc) is 2.07. The number of carbonyl (C=O) groups is 1. The number of rotatable bonds is 3. The molecule has 1 rings (SSSR count). The molecule has 0 saturated heterocycles. The van der Waals surface area contributed by atoms with E-state index in [1.165, 1.54) is 0 Å². The van der Waals surface area contributed by atoms with Gasteiger partial charge in [-0.15, -0.1) is 0 Å². The maximum Gasteiger partial charge on any atom is 0.311 e. The van der Waals surface area contributed by atoms with E-state index in [4.69, 9.17) is 5.11 Å². The smallest absolute Gasteiger partial charge is 0.311 e. The summed E-state index contributed by atoms with van der Waals surface area (Å²) in [6.45, 7) is 3.85. The van der Waals surface area contributed by atoms with E-state index in [1.807, 2.05) is 38.1 Å². The van der Waals surface area contributed by atoms with E-state index in [0.717, 1.165) is 9.13 Å². The Morgan fingerprint density at radius 2 is 1.79 bits per heavy atom. The largest absolute Gasteiger partial charge is 0.481 e. The van der Waals surface area contributed by atoms with E-state index >= 15 is 0 Å². The molecule has 0 spiro atoms. The van der Waals surface area contributed by atoms with Gasteiger partial charge in [-0.3, -0.25) is 4.79 Å². The Kier molecular flexibility index (Phi) is 3.92. The van der Waals surface area contributed by atoms with Crippen LogP contribution < -0.4 is 0 Å². The number of aliphatic carboxylic acids is 1. The van der Waals surface area contributed by atoms with Crippen LogP contribution in [-0.4, -0.2) is 11.1 Å². The zero-order chi connectivity index (χ0) is 10.7. The molecular formula is C11H13IO2. The van der Waals surface area contributed by atoms with Gasteiger partial charge in [0, 0.05) is 3.57 Å². The van der Waals surface area contributed by atoms with E-state index < -0.39 is 11.9 Å². The molecule has 2 nitrogen and oxygen atoms in total. The predicted molar refractivity (Wildman–Crippen MR) is 64.4 cm³/mol. The van der Waals surface area contributed by atoms with Crippen molar-refractivity contribution in [1.82, 2.24) is 0 Å². The minimum Gasteiger partial charge on any atom is -0.481 e. The van der Waals surface area contributed by atoms with E-state index in [9.17, 15) is 4.79 Å². The molecule has 0 aliphatic heterocycles. The molecule has 0 amide bonds. The zero-order valence-electron chi connectivity index (χ0n) is 8.20. The van der Waals surface area contributed by atoms with Crippen molar-refractivity contribution >= 4 is 28.6 Å². The van der Waals surface area contributed by atoms with Crippen molar-refractivity contribution in [2.24, 2.45) is 5.92 Å². The average molecular weight is 304 g/mol. The van der Waals surface area contributed by atoms with E-state index in [0.29, 0.717) is 0 Å². The number of benzene rings is 1. The van der Waals surface area contributed by atoms with Crippen molar-refractivity contribution in [3.63, 3.8) is 0 Å². The van der Waals surface area contributed by atoms with Crippen LogP contribution in [0.15, 0.2) is 24.3 Å². The van der Waals surface area contributed by atoms with Crippen molar-refractivity contribution in [3.05, 3.63) is 33.4 Å². The second-order valence-electron chi connectivity index (χ2n) is 3.61. The molecule has 1 atom stereocenters. The Morgan fingerprint density at radius 1 is 1.29 bits per heavy atom. The van der Waals surface area contributed by atoms with Gasteiger partial charge < -0.3 is 5.11 Å². The van der Waals surface area contributed by atoms with Crippen LogP contribution in [0.1, 0.15) is 25.3 Å². The molecule has 1 N–H and O–H groups in total. The predicted octanol–water partition coefficient (Wildman–Crippen LogP) is 3.12. The van der Waals surface area contributed by atoms with Gasteiger partial charge in [-0.2, -0.15) is 0 Å². The third kappa shape index (κ3) is 2.70. The molecule has 1 aromatic carbocycles. The maximum atomic E-state index is 11.0. The summed E-state index contributed by atoms with van der Waals surface area (Å²) in [6.07, 6.45) is 0. The maximum absolute atomic E-state index is 11.0. The molecule has 0 bridgehead atoms. The van der Waals surface area contributed by atoms with Crippen molar-refractivity contribution in [1.29, 1.82) is 0 Å². The molecule has 0 heterocycles. The van der Waals surface area contributed by atoms with Gasteiger partial charge in [-0.05, 0) is 46.2 Å². The first-order valence-corrected chi connectivity index (χ1v) is 5.58. The monoisotopic (exact) mass is 304 g/mol. The van der Waals surface area contributed by atoms with Crippen LogP contribution in [0.5, 0.6) is 0 Å².